The number of aromatic hydroxyl groups is 1. The summed E-state index contributed by atoms with van der Waals surface area (Å²) in [6.07, 6.45) is -6.00. The number of rotatable bonds is 22. The van der Waals surface area contributed by atoms with Gasteiger partial charge in [-0.2, -0.15) is 25.8 Å². The number of likely N-dealkylation sites (tertiary alicyclic amines) is 1. The molecule has 0 spiro atoms. The minimum atomic E-state index is -4.82. The Morgan fingerprint density at radius 1 is 0.800 bits per heavy atom. The van der Waals surface area contributed by atoms with Crippen LogP contribution >= 0.6 is 12.6 Å². The first-order valence-corrected chi connectivity index (χ1v) is 19.3. The zero-order valence-electron chi connectivity index (χ0n) is 33.0. The molecule has 60 heavy (non-hydrogen) atoms. The van der Waals surface area contributed by atoms with Crippen LogP contribution in [0, 0.1) is 17.8 Å². The van der Waals surface area contributed by atoms with Gasteiger partial charge < -0.3 is 51.9 Å². The quantitative estimate of drug-likeness (QED) is 0.0386. The van der Waals surface area contributed by atoms with Gasteiger partial charge in [-0.05, 0) is 42.4 Å². The number of thiol groups is 1. The molecule has 0 bridgehead atoms. The molecule has 1 fully saturated rings. The number of carbonyl (C=O) groups excluding carboxylic acids is 6. The molecule has 1 aliphatic heterocycles. The maximum absolute atomic E-state index is 13.9. The average molecular weight is 882 g/mol. The average Bonchev–Trinajstić information content (AvgIpc) is 3.67. The van der Waals surface area contributed by atoms with Gasteiger partial charge in [-0.3, -0.25) is 33.6 Å². The van der Waals surface area contributed by atoms with E-state index in [9.17, 15) is 76.4 Å². The summed E-state index contributed by atoms with van der Waals surface area (Å²) in [5, 5.41) is 49.9. The maximum atomic E-state index is 13.9. The van der Waals surface area contributed by atoms with Gasteiger partial charge in [0.1, 0.15) is 48.0 Å². The Kier molecular flexibility index (Phi) is 19.5. The Morgan fingerprint density at radius 3 is 1.83 bits per heavy atom. The van der Waals surface area contributed by atoms with E-state index in [-0.39, 0.29) is 36.5 Å². The molecule has 1 unspecified atom stereocenters. The number of carboxylic acids is 2. The highest BCUT2D eigenvalue weighted by molar-refractivity contribution is 7.80. The number of hydrogen-bond donors (Lipinski definition) is 11. The fraction of sp³-hybridized carbons (Fsp3) is 0.611. The zero-order chi connectivity index (χ0) is 45.6. The van der Waals surface area contributed by atoms with Crippen molar-refractivity contribution in [1.82, 2.24) is 37.0 Å². The molecule has 2 rings (SSSR count). The minimum Gasteiger partial charge on any atom is -0.508 e. The standard InChI is InChI=1S/C36H51F4N7O12S/c1-16(2)27(32(55)44-24(15-60)35(58)59)45-31(54)25-6-5-11-47(25)34(57)22(13-26(50)51)42-29(52)21(12-19-7-9-20(49)10-8-19)41-30(53)23(14-48)43-33(56)28(46-40)17(3)18(4)36(37,38)39/h7-10,16-18,21-25,27-28,46,48-49,60H,5-6,11-15H2,1-4H3,(H,41,53)(H,42,52)(H,43,56)(H,44,55)(H,45,54)(H,50,51)(H,58,59)/t17-,18?,21-,22-,23-,24-,25-,27-,28-/m0/s1. The summed E-state index contributed by atoms with van der Waals surface area (Å²) < 4.78 is 53.6. The number of carbonyl (C=O) groups is 8. The van der Waals surface area contributed by atoms with Gasteiger partial charge in [-0.25, -0.2) is 4.79 Å². The van der Waals surface area contributed by atoms with E-state index in [0.29, 0.717) is 6.92 Å². The van der Waals surface area contributed by atoms with Crippen LogP contribution in [0.5, 0.6) is 5.75 Å². The number of amides is 6. The minimum absolute atomic E-state index is 0.0482. The van der Waals surface area contributed by atoms with Crippen LogP contribution in [0.3, 0.4) is 0 Å². The lowest BCUT2D eigenvalue weighted by atomic mass is 9.88. The number of nitrogens with one attached hydrogen (secondary N) is 6. The highest BCUT2D eigenvalue weighted by Crippen LogP contribution is 2.33. The second-order valence-corrected chi connectivity index (χ2v) is 15.0. The van der Waals surface area contributed by atoms with E-state index in [0.717, 1.165) is 17.4 Å². The van der Waals surface area contributed by atoms with Crippen LogP contribution in [0.2, 0.25) is 0 Å². The number of carboxylic acid groups (broad SMARTS) is 2. The van der Waals surface area contributed by atoms with Crippen molar-refractivity contribution in [2.75, 3.05) is 18.9 Å². The van der Waals surface area contributed by atoms with Gasteiger partial charge in [0.25, 0.3) is 0 Å². The second-order valence-electron chi connectivity index (χ2n) is 14.6. The number of phenols is 1. The predicted octanol–water partition coefficient (Wildman–Crippen LogP) is -0.836. The molecular formula is C36H51F4N7O12S. The number of phenolic OH excluding ortho intramolecular Hbond substituents is 1. The van der Waals surface area contributed by atoms with E-state index >= 15 is 0 Å². The number of nitrogens with zero attached hydrogens (tertiary/aromatic N) is 1. The lowest BCUT2D eigenvalue weighted by Gasteiger charge is -2.31. The first kappa shape index (κ1) is 50.9. The largest absolute Gasteiger partial charge is 0.508 e. The van der Waals surface area contributed by atoms with E-state index in [1.807, 2.05) is 5.32 Å². The molecule has 336 valence electrons. The van der Waals surface area contributed by atoms with Gasteiger partial charge >= 0.3 is 18.1 Å². The van der Waals surface area contributed by atoms with E-state index in [1.54, 1.807) is 13.8 Å². The molecule has 0 aromatic heterocycles. The molecule has 1 aliphatic rings. The maximum Gasteiger partial charge on any atom is 0.391 e. The number of benzene rings is 1. The Labute approximate surface area is 347 Å². The van der Waals surface area contributed by atoms with E-state index < -0.39 is 133 Å². The van der Waals surface area contributed by atoms with Crippen molar-refractivity contribution in [3.63, 3.8) is 0 Å². The Morgan fingerprint density at radius 2 is 1.33 bits per heavy atom. The van der Waals surface area contributed by atoms with Gasteiger partial charge in [0.15, 0.2) is 0 Å². The van der Waals surface area contributed by atoms with Gasteiger partial charge in [0, 0.05) is 18.7 Å². The van der Waals surface area contributed by atoms with Crippen molar-refractivity contribution >= 4 is 60.0 Å². The number of hydrogen-bond acceptors (Lipinski definition) is 12. The fourth-order valence-corrected chi connectivity index (χ4v) is 6.41. The fourth-order valence-electron chi connectivity index (χ4n) is 6.16. The Bertz CT molecular complexity index is 1710. The normalized spacial score (nSPS) is 18.1. The van der Waals surface area contributed by atoms with Crippen LogP contribution in [0.4, 0.5) is 17.7 Å². The van der Waals surface area contributed by atoms with Crippen LogP contribution < -0.4 is 32.1 Å². The molecule has 1 aromatic rings. The van der Waals surface area contributed by atoms with E-state index in [4.69, 9.17) is 0 Å². The molecule has 0 aliphatic carbocycles. The highest BCUT2D eigenvalue weighted by atomic mass is 32.1. The van der Waals surface area contributed by atoms with Crippen LogP contribution in [-0.4, -0.2) is 140 Å². The third-order valence-corrected chi connectivity index (χ3v) is 10.3. The van der Waals surface area contributed by atoms with Gasteiger partial charge in [-0.15, -0.1) is 10.0 Å². The SMILES string of the molecule is CC(C)[C@H](NC(=O)[C@@H]1CCCN1C(=O)[C@H](CC(=O)O)NC(=O)[C@H](Cc1ccc(O)cc1)NC(=O)[C@H](CO)NC(=O)[C@@H](NF)[C@@H](C)C(C)C(F)(F)F)C(=O)N[C@@H](CS)C(=O)O. The zero-order valence-corrected chi connectivity index (χ0v) is 33.9. The van der Waals surface area contributed by atoms with Gasteiger partial charge in [0.2, 0.25) is 35.4 Å². The van der Waals surface area contributed by atoms with Crippen molar-refractivity contribution in [2.45, 2.75) is 102 Å². The van der Waals surface area contributed by atoms with Crippen LogP contribution in [-0.2, 0) is 44.8 Å². The third kappa shape index (κ3) is 14.5. The Balaban J connectivity index is 2.37. The summed E-state index contributed by atoms with van der Waals surface area (Å²) in [5.41, 5.74) is 1.25. The molecule has 9 atom stereocenters. The van der Waals surface area contributed by atoms with Crippen molar-refractivity contribution in [3.05, 3.63) is 29.8 Å². The van der Waals surface area contributed by atoms with E-state index in [2.05, 4.69) is 33.9 Å². The molecule has 0 saturated carbocycles. The molecule has 19 nitrogen and oxygen atoms in total. The second kappa shape index (κ2) is 23.0. The third-order valence-electron chi connectivity index (χ3n) is 9.93. The molecule has 24 heteroatoms. The Hall–Kier alpha value is -5.23. The first-order valence-electron chi connectivity index (χ1n) is 18.7. The molecule has 6 amide bonds. The summed E-state index contributed by atoms with van der Waals surface area (Å²) in [7, 11) is 0. The van der Waals surface area contributed by atoms with Crippen molar-refractivity contribution < 1.29 is 76.4 Å². The summed E-state index contributed by atoms with van der Waals surface area (Å²) in [5.74, 6) is -14.5. The van der Waals surface area contributed by atoms with E-state index in [1.165, 1.54) is 24.3 Å². The lowest BCUT2D eigenvalue weighted by molar-refractivity contribution is -0.186. The molecule has 1 aromatic carbocycles. The molecule has 1 saturated heterocycles. The van der Waals surface area contributed by atoms with Gasteiger partial charge in [0.05, 0.1) is 18.9 Å². The molecule has 10 N–H and O–H groups in total. The summed E-state index contributed by atoms with van der Waals surface area (Å²) in [6, 6.07) is -6.51. The predicted molar refractivity (Wildman–Crippen MR) is 204 cm³/mol. The summed E-state index contributed by atoms with van der Waals surface area (Å²) in [6.45, 7) is 3.49. The number of aliphatic carboxylic acids is 2. The number of alkyl halides is 3. The summed E-state index contributed by atoms with van der Waals surface area (Å²) >= 11 is 3.91. The molecule has 1 heterocycles. The van der Waals surface area contributed by atoms with Gasteiger partial charge in [-0.1, -0.05) is 39.8 Å². The van der Waals surface area contributed by atoms with Crippen molar-refractivity contribution in [3.8, 4) is 5.75 Å². The van der Waals surface area contributed by atoms with Crippen LogP contribution in [0.25, 0.3) is 0 Å². The summed E-state index contributed by atoms with van der Waals surface area (Å²) in [4.78, 5) is 105. The monoisotopic (exact) mass is 881 g/mol. The lowest BCUT2D eigenvalue weighted by Crippen LogP contribution is -2.61. The number of aliphatic hydroxyl groups is 1. The van der Waals surface area contributed by atoms with Crippen molar-refractivity contribution in [2.24, 2.45) is 17.8 Å². The smallest absolute Gasteiger partial charge is 0.391 e. The van der Waals surface area contributed by atoms with Crippen LogP contribution in [0.15, 0.2) is 24.3 Å². The van der Waals surface area contributed by atoms with Crippen LogP contribution in [0.1, 0.15) is 52.5 Å². The molecule has 0 radical (unpaired) electrons. The molecular weight excluding hydrogens is 830 g/mol. The first-order chi connectivity index (χ1) is 28.0. The topological polar surface area (TPSA) is 293 Å². The number of halogens is 4. The number of aliphatic hydroxyl groups excluding tert-OH is 1. The van der Waals surface area contributed by atoms with Crippen molar-refractivity contribution in [1.29, 1.82) is 0 Å². The highest BCUT2D eigenvalue weighted by Gasteiger charge is 2.45.